The van der Waals surface area contributed by atoms with E-state index in [1.54, 1.807) is 19.3 Å². The van der Waals surface area contributed by atoms with Crippen LogP contribution in [0.2, 0.25) is 0 Å². The van der Waals surface area contributed by atoms with Crippen LogP contribution in [0, 0.1) is 10.8 Å². The van der Waals surface area contributed by atoms with Crippen molar-refractivity contribution in [2.75, 3.05) is 6.61 Å². The lowest BCUT2D eigenvalue weighted by atomic mass is 9.52. The summed E-state index contributed by atoms with van der Waals surface area (Å²) in [6.07, 6.45) is 3.77. The summed E-state index contributed by atoms with van der Waals surface area (Å²) >= 11 is 0. The SMILES string of the molecule is C[C@@]1(O)C[C@H](O)[C@]23COC(=O)[C@]12CCC/C3=C1\C[C@H](c2ccoc2)OC1=O. The third-order valence-electron chi connectivity index (χ3n) is 7.30. The van der Waals surface area contributed by atoms with Gasteiger partial charge in [-0.25, -0.2) is 4.79 Å². The Hall–Kier alpha value is -2.12. The first-order valence-electron chi connectivity index (χ1n) is 9.37. The maximum atomic E-state index is 12.8. The van der Waals surface area contributed by atoms with Crippen LogP contribution < -0.4 is 0 Å². The van der Waals surface area contributed by atoms with Crippen LogP contribution in [0.1, 0.15) is 50.7 Å². The van der Waals surface area contributed by atoms with Gasteiger partial charge in [0.2, 0.25) is 0 Å². The molecule has 1 aromatic heterocycles. The van der Waals surface area contributed by atoms with E-state index in [0.717, 1.165) is 11.1 Å². The molecule has 0 bridgehead atoms. The lowest BCUT2D eigenvalue weighted by Gasteiger charge is -2.48. The summed E-state index contributed by atoms with van der Waals surface area (Å²) in [5.41, 5.74) is -1.67. The van der Waals surface area contributed by atoms with Crippen molar-refractivity contribution in [3.8, 4) is 0 Å². The molecule has 5 rings (SSSR count). The molecule has 4 aliphatic rings. The van der Waals surface area contributed by atoms with Crippen LogP contribution in [0.15, 0.2) is 34.2 Å². The number of esters is 2. The van der Waals surface area contributed by atoms with E-state index < -0.39 is 40.6 Å². The quantitative estimate of drug-likeness (QED) is 0.570. The number of furan rings is 1. The molecule has 2 saturated heterocycles. The van der Waals surface area contributed by atoms with Crippen LogP contribution in [-0.2, 0) is 19.1 Å². The van der Waals surface area contributed by atoms with Crippen LogP contribution in [0.4, 0.5) is 0 Å². The zero-order chi connectivity index (χ0) is 19.0. The fourth-order valence-corrected chi connectivity index (χ4v) is 6.13. The summed E-state index contributed by atoms with van der Waals surface area (Å²) in [7, 11) is 0. The number of hydrogen-bond acceptors (Lipinski definition) is 7. The Bertz CT molecular complexity index is 852. The lowest BCUT2D eigenvalue weighted by Crippen LogP contribution is -2.56. The average molecular weight is 374 g/mol. The summed E-state index contributed by atoms with van der Waals surface area (Å²) in [6.45, 7) is 1.59. The number of carbonyl (C=O) groups is 2. The molecule has 4 fully saturated rings. The number of rotatable bonds is 1. The number of aliphatic hydroxyl groups is 2. The Morgan fingerprint density at radius 3 is 2.85 bits per heavy atom. The molecule has 0 unspecified atom stereocenters. The van der Waals surface area contributed by atoms with E-state index in [-0.39, 0.29) is 13.0 Å². The largest absolute Gasteiger partial charge is 0.472 e. The van der Waals surface area contributed by atoms with Crippen molar-refractivity contribution >= 4 is 11.9 Å². The number of aliphatic hydroxyl groups excluding tert-OH is 1. The number of carbonyl (C=O) groups excluding carboxylic acids is 2. The van der Waals surface area contributed by atoms with Crippen LogP contribution in [0.5, 0.6) is 0 Å². The zero-order valence-electron chi connectivity index (χ0n) is 15.1. The molecule has 0 aromatic carbocycles. The first-order valence-corrected chi connectivity index (χ1v) is 9.37. The van der Waals surface area contributed by atoms with Crippen molar-refractivity contribution in [3.63, 3.8) is 0 Å². The van der Waals surface area contributed by atoms with Crippen molar-refractivity contribution in [1.29, 1.82) is 0 Å². The summed E-state index contributed by atoms with van der Waals surface area (Å²) < 4.78 is 16.1. The van der Waals surface area contributed by atoms with Gasteiger partial charge >= 0.3 is 11.9 Å². The second-order valence-electron chi connectivity index (χ2n) is 8.41. The van der Waals surface area contributed by atoms with Crippen LogP contribution >= 0.6 is 0 Å². The summed E-state index contributed by atoms with van der Waals surface area (Å²) in [6, 6.07) is 1.76. The monoisotopic (exact) mass is 374 g/mol. The Labute approximate surface area is 155 Å². The van der Waals surface area contributed by atoms with Gasteiger partial charge in [-0.15, -0.1) is 0 Å². The molecule has 2 aliphatic carbocycles. The van der Waals surface area contributed by atoms with Gasteiger partial charge in [0.15, 0.2) is 0 Å². The highest BCUT2D eigenvalue weighted by molar-refractivity contribution is 5.93. The highest BCUT2D eigenvalue weighted by Gasteiger charge is 2.79. The molecule has 7 heteroatoms. The third kappa shape index (κ3) is 1.84. The second-order valence-corrected chi connectivity index (χ2v) is 8.41. The minimum absolute atomic E-state index is 0.00829. The summed E-state index contributed by atoms with van der Waals surface area (Å²) in [5, 5.41) is 22.1. The molecule has 0 radical (unpaired) electrons. The van der Waals surface area contributed by atoms with Gasteiger partial charge in [0, 0.05) is 24.0 Å². The van der Waals surface area contributed by atoms with Gasteiger partial charge in [-0.2, -0.15) is 0 Å². The molecule has 7 nitrogen and oxygen atoms in total. The number of hydrogen-bond donors (Lipinski definition) is 2. The van der Waals surface area contributed by atoms with Gasteiger partial charge in [0.05, 0.1) is 29.6 Å². The topological polar surface area (TPSA) is 106 Å². The molecule has 5 atom stereocenters. The molecule has 3 heterocycles. The van der Waals surface area contributed by atoms with Crippen LogP contribution in [-0.4, -0.2) is 40.5 Å². The van der Waals surface area contributed by atoms with Gasteiger partial charge in [-0.05, 0) is 37.8 Å². The van der Waals surface area contributed by atoms with E-state index in [4.69, 9.17) is 13.9 Å². The molecule has 2 aliphatic heterocycles. The normalized spacial score (nSPS) is 46.2. The van der Waals surface area contributed by atoms with Crippen molar-refractivity contribution in [2.45, 2.75) is 56.8 Å². The van der Waals surface area contributed by atoms with Crippen molar-refractivity contribution < 1.29 is 33.7 Å². The zero-order valence-corrected chi connectivity index (χ0v) is 15.1. The minimum atomic E-state index is -1.39. The Morgan fingerprint density at radius 2 is 2.11 bits per heavy atom. The smallest absolute Gasteiger partial charge is 0.334 e. The number of cyclic esters (lactones) is 2. The Kier molecular flexibility index (Phi) is 3.30. The average Bonchev–Trinajstić information content (AvgIpc) is 3.35. The Balaban J connectivity index is 1.66. The van der Waals surface area contributed by atoms with E-state index in [1.165, 1.54) is 6.26 Å². The van der Waals surface area contributed by atoms with Crippen LogP contribution in [0.3, 0.4) is 0 Å². The first kappa shape index (κ1) is 17.0. The van der Waals surface area contributed by atoms with E-state index in [0.29, 0.717) is 31.3 Å². The minimum Gasteiger partial charge on any atom is -0.472 e. The third-order valence-corrected chi connectivity index (χ3v) is 7.30. The van der Waals surface area contributed by atoms with Crippen LogP contribution in [0.25, 0.3) is 0 Å². The predicted octanol–water partition coefficient (Wildman–Crippen LogP) is 1.79. The fourth-order valence-electron chi connectivity index (χ4n) is 6.13. The molecule has 2 saturated carbocycles. The molecule has 144 valence electrons. The van der Waals surface area contributed by atoms with Crippen molar-refractivity contribution in [3.05, 3.63) is 35.3 Å². The van der Waals surface area contributed by atoms with Gasteiger partial charge < -0.3 is 24.1 Å². The summed E-state index contributed by atoms with van der Waals surface area (Å²) in [5.74, 6) is -0.904. The van der Waals surface area contributed by atoms with Gasteiger partial charge in [0.1, 0.15) is 18.1 Å². The highest BCUT2D eigenvalue weighted by Crippen LogP contribution is 2.71. The molecular weight excluding hydrogens is 352 g/mol. The summed E-state index contributed by atoms with van der Waals surface area (Å²) in [4.78, 5) is 25.5. The van der Waals surface area contributed by atoms with Gasteiger partial charge in [-0.1, -0.05) is 0 Å². The second kappa shape index (κ2) is 5.23. The molecule has 27 heavy (non-hydrogen) atoms. The molecule has 1 aromatic rings. The van der Waals surface area contributed by atoms with Gasteiger partial charge in [0.25, 0.3) is 0 Å². The number of ether oxygens (including phenoxy) is 2. The fraction of sp³-hybridized carbons (Fsp3) is 0.600. The van der Waals surface area contributed by atoms with E-state index in [1.807, 2.05) is 0 Å². The van der Waals surface area contributed by atoms with E-state index >= 15 is 0 Å². The van der Waals surface area contributed by atoms with E-state index in [2.05, 4.69) is 0 Å². The predicted molar refractivity (Wildman–Crippen MR) is 90.1 cm³/mol. The van der Waals surface area contributed by atoms with E-state index in [9.17, 15) is 19.8 Å². The van der Waals surface area contributed by atoms with Gasteiger partial charge in [-0.3, -0.25) is 4.79 Å². The molecule has 0 amide bonds. The first-order chi connectivity index (χ1) is 12.8. The van der Waals surface area contributed by atoms with Crippen molar-refractivity contribution in [2.24, 2.45) is 10.8 Å². The highest BCUT2D eigenvalue weighted by atomic mass is 16.6. The lowest BCUT2D eigenvalue weighted by molar-refractivity contribution is -0.162. The van der Waals surface area contributed by atoms with Crippen molar-refractivity contribution in [1.82, 2.24) is 0 Å². The molecule has 0 spiro atoms. The molecular formula is C20H22O7. The molecule has 2 N–H and O–H groups in total. The Morgan fingerprint density at radius 1 is 1.30 bits per heavy atom. The maximum absolute atomic E-state index is 12.8. The standard InChI is InChI=1S/C20H22O7/c1-18(24)8-15(21)19-10-26-17(23)20(18,19)5-2-3-13(19)12-7-14(27-16(12)22)11-4-6-25-9-11/h4,6,9,14-15,21,24H,2-3,5,7-8,10H2,1H3/b13-12-/t14-,15+,18-,19-,20-/m1/s1. The maximum Gasteiger partial charge on any atom is 0.334 e.